The monoisotopic (exact) mass is 342 g/mol. The predicted octanol–water partition coefficient (Wildman–Crippen LogP) is 2.30. The Kier molecular flexibility index (Phi) is 4.52. The van der Waals surface area contributed by atoms with Gasteiger partial charge in [0.2, 0.25) is 0 Å². The Bertz CT molecular complexity index is 876. The van der Waals surface area contributed by atoms with E-state index in [0.29, 0.717) is 17.5 Å². The lowest BCUT2D eigenvalue weighted by molar-refractivity contribution is 0.642. The second-order valence-electron chi connectivity index (χ2n) is 5.51. The number of thiophene rings is 1. The molecule has 0 fully saturated rings. The Morgan fingerprint density at radius 2 is 1.88 bits per heavy atom. The third-order valence-corrected chi connectivity index (χ3v) is 3.83. The molecule has 0 bridgehead atoms. The van der Waals surface area contributed by atoms with Crippen LogP contribution in [0.1, 0.15) is 0 Å². The summed E-state index contributed by atoms with van der Waals surface area (Å²) < 4.78 is 1.62. The van der Waals surface area contributed by atoms with Crippen molar-refractivity contribution < 1.29 is 0 Å². The van der Waals surface area contributed by atoms with E-state index >= 15 is 0 Å². The van der Waals surface area contributed by atoms with Gasteiger partial charge in [-0.05, 0) is 11.4 Å². The number of hydrogen-bond donors (Lipinski definition) is 0. The lowest BCUT2D eigenvalue weighted by Crippen LogP contribution is -2.08. The van der Waals surface area contributed by atoms with Crippen molar-refractivity contribution in [2.24, 2.45) is 9.98 Å². The van der Waals surface area contributed by atoms with Gasteiger partial charge in [-0.25, -0.2) is 15.0 Å². The first-order valence-electron chi connectivity index (χ1n) is 7.25. The highest BCUT2D eigenvalue weighted by atomic mass is 32.1. The summed E-state index contributed by atoms with van der Waals surface area (Å²) in [5, 5.41) is 6.44. The second-order valence-corrected chi connectivity index (χ2v) is 6.46. The van der Waals surface area contributed by atoms with E-state index in [-0.39, 0.29) is 0 Å². The Morgan fingerprint density at radius 1 is 1.12 bits per heavy atom. The van der Waals surface area contributed by atoms with E-state index in [1.165, 1.54) is 0 Å². The van der Waals surface area contributed by atoms with Gasteiger partial charge in [0.05, 0.1) is 18.2 Å². The number of hydrogen-bond acceptors (Lipinski definition) is 6. The summed E-state index contributed by atoms with van der Waals surface area (Å²) >= 11 is 1.63. The minimum absolute atomic E-state index is 0.348. The molecular weight excluding hydrogens is 324 g/mol. The van der Waals surface area contributed by atoms with Crippen LogP contribution in [0.4, 0.5) is 11.8 Å². The van der Waals surface area contributed by atoms with Gasteiger partial charge in [-0.15, -0.1) is 16.4 Å². The van der Waals surface area contributed by atoms with Gasteiger partial charge >= 0.3 is 0 Å². The lowest BCUT2D eigenvalue weighted by atomic mass is 10.2. The molecule has 0 radical (unpaired) electrons. The van der Waals surface area contributed by atoms with Crippen LogP contribution in [0.2, 0.25) is 0 Å². The number of rotatable bonds is 5. The summed E-state index contributed by atoms with van der Waals surface area (Å²) in [6.07, 6.45) is 5.16. The minimum Gasteiger partial charge on any atom is -0.369 e. The summed E-state index contributed by atoms with van der Waals surface area (Å²) in [6, 6.07) is 4.03. The maximum atomic E-state index is 4.56. The molecule has 9 heteroatoms. The molecule has 0 N–H and O–H groups in total. The molecule has 124 valence electrons. The van der Waals surface area contributed by atoms with Gasteiger partial charge in [-0.3, -0.25) is 0 Å². The summed E-state index contributed by atoms with van der Waals surface area (Å²) in [7, 11) is 7.61. The van der Waals surface area contributed by atoms with Gasteiger partial charge in [0.15, 0.2) is 5.82 Å². The zero-order valence-corrected chi connectivity index (χ0v) is 14.8. The van der Waals surface area contributed by atoms with E-state index < -0.39 is 0 Å². The van der Waals surface area contributed by atoms with Crippen LogP contribution in [0.25, 0.3) is 16.2 Å². The summed E-state index contributed by atoms with van der Waals surface area (Å²) in [5.41, 5.74) is 0.906. The highest BCUT2D eigenvalue weighted by Crippen LogP contribution is 2.33. The van der Waals surface area contributed by atoms with Crippen molar-refractivity contribution in [1.29, 1.82) is 0 Å². The van der Waals surface area contributed by atoms with Crippen LogP contribution in [0.3, 0.4) is 0 Å². The smallest absolute Gasteiger partial charge is 0.272 e. The van der Waals surface area contributed by atoms with Crippen molar-refractivity contribution >= 4 is 41.6 Å². The molecule has 3 rings (SSSR count). The zero-order valence-electron chi connectivity index (χ0n) is 14.0. The van der Waals surface area contributed by atoms with E-state index in [0.717, 1.165) is 10.4 Å². The standard InChI is InChI=1S/C15H18N8S/c1-21(2)9-17-13-11(12-6-5-7-24-12)8-16-15-19-14(20-23(13)15)18-10-22(3)4/h5-10H,1-4H3/b17-9+,18-10+. The quantitative estimate of drug-likeness (QED) is 0.525. The van der Waals surface area contributed by atoms with E-state index in [2.05, 4.69) is 25.1 Å². The van der Waals surface area contributed by atoms with Crippen LogP contribution in [-0.2, 0) is 0 Å². The normalized spacial score (nSPS) is 11.8. The molecule has 0 spiro atoms. The number of aliphatic imine (C=N–C) groups is 2. The van der Waals surface area contributed by atoms with E-state index in [1.54, 1.807) is 34.7 Å². The lowest BCUT2D eigenvalue weighted by Gasteiger charge is -2.07. The van der Waals surface area contributed by atoms with Crippen LogP contribution in [0.15, 0.2) is 33.7 Å². The second kappa shape index (κ2) is 6.75. The Balaban J connectivity index is 2.16. The fourth-order valence-corrected chi connectivity index (χ4v) is 2.67. The van der Waals surface area contributed by atoms with Gasteiger partial charge in [-0.1, -0.05) is 6.07 Å². The van der Waals surface area contributed by atoms with Crippen molar-refractivity contribution in [1.82, 2.24) is 29.4 Å². The zero-order chi connectivity index (χ0) is 17.1. The molecule has 0 atom stereocenters. The molecular formula is C15H18N8S. The van der Waals surface area contributed by atoms with Gasteiger partial charge in [0.1, 0.15) is 0 Å². The van der Waals surface area contributed by atoms with Crippen LogP contribution in [0, 0.1) is 0 Å². The average Bonchev–Trinajstić information content (AvgIpc) is 3.19. The average molecular weight is 342 g/mol. The molecule has 3 heterocycles. The summed E-state index contributed by atoms with van der Waals surface area (Å²) in [5.74, 6) is 1.49. The molecule has 3 aromatic heterocycles. The molecule has 0 aromatic carbocycles. The fourth-order valence-electron chi connectivity index (χ4n) is 1.93. The highest BCUT2D eigenvalue weighted by molar-refractivity contribution is 7.13. The third kappa shape index (κ3) is 3.40. The Morgan fingerprint density at radius 3 is 2.54 bits per heavy atom. The maximum Gasteiger partial charge on any atom is 0.272 e. The van der Waals surface area contributed by atoms with Gasteiger partial charge < -0.3 is 9.80 Å². The van der Waals surface area contributed by atoms with E-state index in [9.17, 15) is 0 Å². The molecule has 0 aliphatic heterocycles. The SMILES string of the molecule is CN(C)/C=N/c1nc2ncc(-c3cccs3)c(/N=C/N(C)C)n2n1. The molecule has 0 saturated heterocycles. The molecule has 0 unspecified atom stereocenters. The fraction of sp³-hybridized carbons (Fsp3) is 0.267. The van der Waals surface area contributed by atoms with Crippen molar-refractivity contribution in [3.05, 3.63) is 23.7 Å². The van der Waals surface area contributed by atoms with E-state index in [4.69, 9.17) is 0 Å². The van der Waals surface area contributed by atoms with Crippen LogP contribution >= 0.6 is 11.3 Å². The maximum absolute atomic E-state index is 4.56. The van der Waals surface area contributed by atoms with Crippen LogP contribution in [0.5, 0.6) is 0 Å². The first-order chi connectivity index (χ1) is 11.5. The van der Waals surface area contributed by atoms with Crippen LogP contribution < -0.4 is 0 Å². The van der Waals surface area contributed by atoms with Crippen molar-refractivity contribution in [3.63, 3.8) is 0 Å². The van der Waals surface area contributed by atoms with E-state index in [1.807, 2.05) is 55.5 Å². The molecule has 0 aliphatic rings. The molecule has 3 aromatic rings. The first kappa shape index (κ1) is 16.1. The van der Waals surface area contributed by atoms with Crippen LogP contribution in [-0.4, -0.2) is 70.2 Å². The summed E-state index contributed by atoms with van der Waals surface area (Å²) in [4.78, 5) is 22.3. The number of aromatic nitrogens is 4. The molecule has 0 saturated carbocycles. The van der Waals surface area contributed by atoms with Gasteiger partial charge in [0.25, 0.3) is 11.7 Å². The summed E-state index contributed by atoms with van der Waals surface area (Å²) in [6.45, 7) is 0. The Labute approximate surface area is 143 Å². The molecule has 8 nitrogen and oxygen atoms in total. The minimum atomic E-state index is 0.348. The highest BCUT2D eigenvalue weighted by Gasteiger charge is 2.14. The topological polar surface area (TPSA) is 74.3 Å². The molecule has 24 heavy (non-hydrogen) atoms. The van der Waals surface area contributed by atoms with Crippen molar-refractivity contribution in [2.75, 3.05) is 28.2 Å². The largest absolute Gasteiger partial charge is 0.369 e. The Hall–Kier alpha value is -2.81. The predicted molar refractivity (Wildman–Crippen MR) is 97.8 cm³/mol. The van der Waals surface area contributed by atoms with Crippen molar-refractivity contribution in [3.8, 4) is 10.4 Å². The first-order valence-corrected chi connectivity index (χ1v) is 8.13. The molecule has 0 amide bonds. The van der Waals surface area contributed by atoms with Gasteiger partial charge in [-0.2, -0.15) is 9.50 Å². The number of fused-ring (bicyclic) bond motifs is 1. The number of nitrogens with zero attached hydrogens (tertiary/aromatic N) is 8. The van der Waals surface area contributed by atoms with Crippen molar-refractivity contribution in [2.45, 2.75) is 0 Å². The molecule has 0 aliphatic carbocycles. The third-order valence-electron chi connectivity index (χ3n) is 2.93. The van der Waals surface area contributed by atoms with Gasteiger partial charge in [0, 0.05) is 39.3 Å².